The van der Waals surface area contributed by atoms with E-state index in [-0.39, 0.29) is 18.2 Å². The summed E-state index contributed by atoms with van der Waals surface area (Å²) in [6.07, 6.45) is 0.870. The number of rotatable bonds is 5. The minimum absolute atomic E-state index is 0.0848. The molecule has 0 saturated heterocycles. The van der Waals surface area contributed by atoms with Gasteiger partial charge in [-0.1, -0.05) is 25.1 Å². The van der Waals surface area contributed by atoms with Crippen molar-refractivity contribution in [1.29, 1.82) is 0 Å². The van der Waals surface area contributed by atoms with Crippen molar-refractivity contribution in [3.8, 4) is 0 Å². The van der Waals surface area contributed by atoms with Crippen molar-refractivity contribution in [2.24, 2.45) is 0 Å². The van der Waals surface area contributed by atoms with E-state index < -0.39 is 5.91 Å². The fourth-order valence-corrected chi connectivity index (χ4v) is 1.79. The number of nitrogens with one attached hydrogen (secondary N) is 3. The van der Waals surface area contributed by atoms with Crippen molar-refractivity contribution < 1.29 is 9.59 Å². The molecule has 0 aliphatic heterocycles. The van der Waals surface area contributed by atoms with Crippen LogP contribution in [0.2, 0.25) is 0 Å². The first-order valence-electron chi connectivity index (χ1n) is 6.65. The Morgan fingerprint density at radius 2 is 2.05 bits per heavy atom. The first-order chi connectivity index (χ1) is 10.1. The van der Waals surface area contributed by atoms with Crippen LogP contribution < -0.4 is 10.6 Å². The maximum atomic E-state index is 12.1. The number of nitrogens with zero attached hydrogens (tertiary/aromatic N) is 2. The molecule has 2 aromatic rings. The average Bonchev–Trinajstić information content (AvgIpc) is 2.98. The van der Waals surface area contributed by atoms with E-state index in [1.807, 2.05) is 13.0 Å². The van der Waals surface area contributed by atoms with Crippen LogP contribution in [0.1, 0.15) is 28.9 Å². The first-order valence-corrected chi connectivity index (χ1v) is 6.65. The number of anilines is 1. The van der Waals surface area contributed by atoms with Gasteiger partial charge in [0.25, 0.3) is 5.91 Å². The van der Waals surface area contributed by atoms with E-state index in [1.54, 1.807) is 25.2 Å². The van der Waals surface area contributed by atoms with E-state index in [2.05, 4.69) is 25.8 Å². The van der Waals surface area contributed by atoms with Crippen molar-refractivity contribution >= 4 is 17.5 Å². The number of aromatic amines is 1. The van der Waals surface area contributed by atoms with E-state index in [4.69, 9.17) is 0 Å². The van der Waals surface area contributed by atoms with Crippen LogP contribution in [0.3, 0.4) is 0 Å². The zero-order valence-electron chi connectivity index (χ0n) is 11.9. The van der Waals surface area contributed by atoms with Crippen molar-refractivity contribution in [2.45, 2.75) is 19.8 Å². The fourth-order valence-electron chi connectivity index (χ4n) is 1.79. The normalized spacial score (nSPS) is 10.2. The standard InChI is InChI=1S/C14H17N5O2/c1-3-11-17-13(19-18-11)14(21)16-10-7-5-4-6-9(10)8-12(20)15-2/h4-7H,3,8H2,1-2H3,(H,15,20)(H,16,21)(H,17,18,19). The SMILES string of the molecule is CCc1nc(C(=O)Nc2ccccc2CC(=O)NC)n[nH]1. The highest BCUT2D eigenvalue weighted by Crippen LogP contribution is 2.16. The summed E-state index contributed by atoms with van der Waals surface area (Å²) in [6.45, 7) is 1.92. The molecule has 2 amide bonds. The summed E-state index contributed by atoms with van der Waals surface area (Å²) in [5, 5.41) is 11.8. The summed E-state index contributed by atoms with van der Waals surface area (Å²) >= 11 is 0. The van der Waals surface area contributed by atoms with Gasteiger partial charge in [-0.3, -0.25) is 14.7 Å². The van der Waals surface area contributed by atoms with Crippen molar-refractivity contribution in [3.05, 3.63) is 41.5 Å². The smallest absolute Gasteiger partial charge is 0.295 e. The average molecular weight is 287 g/mol. The van der Waals surface area contributed by atoms with Crippen LogP contribution in [0.5, 0.6) is 0 Å². The first kappa shape index (κ1) is 14.7. The Bertz CT molecular complexity index is 650. The van der Waals surface area contributed by atoms with Gasteiger partial charge in [0.2, 0.25) is 11.7 Å². The lowest BCUT2D eigenvalue weighted by Gasteiger charge is -2.09. The highest BCUT2D eigenvalue weighted by molar-refractivity contribution is 6.02. The fraction of sp³-hybridized carbons (Fsp3) is 0.286. The number of aryl methyl sites for hydroxylation is 1. The second-order valence-corrected chi connectivity index (χ2v) is 4.42. The maximum absolute atomic E-state index is 12.1. The number of carbonyl (C=O) groups is 2. The predicted molar refractivity (Wildman–Crippen MR) is 77.9 cm³/mol. The lowest BCUT2D eigenvalue weighted by molar-refractivity contribution is -0.119. The molecule has 1 aromatic heterocycles. The van der Waals surface area contributed by atoms with Crippen molar-refractivity contribution in [3.63, 3.8) is 0 Å². The van der Waals surface area contributed by atoms with Crippen LogP contribution in [-0.2, 0) is 17.6 Å². The predicted octanol–water partition coefficient (Wildman–Crippen LogP) is 0.908. The van der Waals surface area contributed by atoms with Gasteiger partial charge >= 0.3 is 0 Å². The van der Waals surface area contributed by atoms with Crippen molar-refractivity contribution in [1.82, 2.24) is 20.5 Å². The van der Waals surface area contributed by atoms with E-state index in [9.17, 15) is 9.59 Å². The van der Waals surface area contributed by atoms with E-state index in [1.165, 1.54) is 0 Å². The van der Waals surface area contributed by atoms with Crippen molar-refractivity contribution in [2.75, 3.05) is 12.4 Å². The Kier molecular flexibility index (Phi) is 4.65. The number of amides is 2. The number of aromatic nitrogens is 3. The van der Waals surface area contributed by atoms with Gasteiger partial charge in [0.05, 0.1) is 6.42 Å². The summed E-state index contributed by atoms with van der Waals surface area (Å²) in [5.74, 6) is 0.207. The number of hydrogen-bond donors (Lipinski definition) is 3. The zero-order valence-corrected chi connectivity index (χ0v) is 11.9. The van der Waals surface area contributed by atoms with E-state index in [0.29, 0.717) is 17.9 Å². The van der Waals surface area contributed by atoms with Crippen LogP contribution in [0.4, 0.5) is 5.69 Å². The summed E-state index contributed by atoms with van der Waals surface area (Å²) in [6, 6.07) is 7.14. The van der Waals surface area contributed by atoms with E-state index >= 15 is 0 Å². The zero-order chi connectivity index (χ0) is 15.2. The Morgan fingerprint density at radius 1 is 1.29 bits per heavy atom. The molecule has 0 atom stereocenters. The molecule has 0 spiro atoms. The largest absolute Gasteiger partial charge is 0.359 e. The molecule has 0 unspecified atom stereocenters. The van der Waals surface area contributed by atoms with Gasteiger partial charge in [0.1, 0.15) is 5.82 Å². The molecule has 1 heterocycles. The molecule has 1 aromatic carbocycles. The number of para-hydroxylation sites is 1. The lowest BCUT2D eigenvalue weighted by atomic mass is 10.1. The Balaban J connectivity index is 2.15. The van der Waals surface area contributed by atoms with Gasteiger partial charge in [-0.15, -0.1) is 5.10 Å². The van der Waals surface area contributed by atoms with Crippen LogP contribution in [0.15, 0.2) is 24.3 Å². The molecule has 0 saturated carbocycles. The molecule has 21 heavy (non-hydrogen) atoms. The minimum atomic E-state index is -0.407. The summed E-state index contributed by atoms with van der Waals surface area (Å²) in [7, 11) is 1.57. The highest BCUT2D eigenvalue weighted by Gasteiger charge is 2.14. The van der Waals surface area contributed by atoms with Gasteiger partial charge in [-0.25, -0.2) is 4.98 Å². The number of H-pyrrole nitrogens is 1. The lowest BCUT2D eigenvalue weighted by Crippen LogP contribution is -2.21. The summed E-state index contributed by atoms with van der Waals surface area (Å²) < 4.78 is 0. The van der Waals surface area contributed by atoms with Gasteiger partial charge in [-0.2, -0.15) is 0 Å². The molecule has 0 aliphatic rings. The third-order valence-electron chi connectivity index (χ3n) is 2.97. The van der Waals surface area contributed by atoms with Gasteiger partial charge < -0.3 is 10.6 Å². The molecule has 0 fully saturated rings. The highest BCUT2D eigenvalue weighted by atomic mass is 16.2. The maximum Gasteiger partial charge on any atom is 0.295 e. The van der Waals surface area contributed by atoms with Gasteiger partial charge in [0, 0.05) is 19.2 Å². The van der Waals surface area contributed by atoms with Crippen LogP contribution in [-0.4, -0.2) is 34.0 Å². The number of carbonyl (C=O) groups excluding carboxylic acids is 2. The molecule has 7 heteroatoms. The summed E-state index contributed by atoms with van der Waals surface area (Å²) in [4.78, 5) is 27.6. The van der Waals surface area contributed by atoms with E-state index in [0.717, 1.165) is 5.56 Å². The molecule has 110 valence electrons. The molecule has 0 radical (unpaired) electrons. The molecule has 7 nitrogen and oxygen atoms in total. The molecular weight excluding hydrogens is 270 g/mol. The summed E-state index contributed by atoms with van der Waals surface area (Å²) in [5.41, 5.74) is 1.31. The topological polar surface area (TPSA) is 99.8 Å². The number of likely N-dealkylation sites (N-methyl/N-ethyl adjacent to an activating group) is 1. The Morgan fingerprint density at radius 3 is 2.71 bits per heavy atom. The Labute approximate surface area is 122 Å². The number of hydrogen-bond acceptors (Lipinski definition) is 4. The molecule has 0 bridgehead atoms. The molecule has 3 N–H and O–H groups in total. The molecule has 2 rings (SSSR count). The third-order valence-corrected chi connectivity index (χ3v) is 2.97. The monoisotopic (exact) mass is 287 g/mol. The van der Waals surface area contributed by atoms with Crippen LogP contribution in [0, 0.1) is 0 Å². The van der Waals surface area contributed by atoms with Crippen LogP contribution >= 0.6 is 0 Å². The van der Waals surface area contributed by atoms with Crippen LogP contribution in [0.25, 0.3) is 0 Å². The molecule has 0 aliphatic carbocycles. The second kappa shape index (κ2) is 6.65. The number of benzene rings is 1. The Hall–Kier alpha value is -2.70. The van der Waals surface area contributed by atoms with Gasteiger partial charge in [-0.05, 0) is 11.6 Å². The molecular formula is C14H17N5O2. The van der Waals surface area contributed by atoms with Gasteiger partial charge in [0.15, 0.2) is 0 Å². The third kappa shape index (κ3) is 3.65. The quantitative estimate of drug-likeness (QED) is 0.761. The minimum Gasteiger partial charge on any atom is -0.359 e. The second-order valence-electron chi connectivity index (χ2n) is 4.42.